The molecule has 1 aliphatic rings. The molecule has 0 aliphatic carbocycles. The second kappa shape index (κ2) is 5.94. The van der Waals surface area contributed by atoms with Crippen LogP contribution in [0.25, 0.3) is 0 Å². The molecule has 20 heavy (non-hydrogen) atoms. The lowest BCUT2D eigenvalue weighted by molar-refractivity contribution is -0.143. The normalized spacial score (nSPS) is 18.7. The molecular formula is C15H20N2O3. The molecule has 0 radical (unpaired) electrons. The minimum absolute atomic E-state index is 0.244. The molecule has 1 unspecified atom stereocenters. The molecule has 0 aromatic heterocycles. The van der Waals surface area contributed by atoms with Gasteiger partial charge in [-0.1, -0.05) is 18.2 Å². The van der Waals surface area contributed by atoms with Gasteiger partial charge >= 0.3 is 12.0 Å². The first kappa shape index (κ1) is 14.4. The Morgan fingerprint density at radius 2 is 2.00 bits per heavy atom. The van der Waals surface area contributed by atoms with Crippen LogP contribution >= 0.6 is 0 Å². The van der Waals surface area contributed by atoms with E-state index in [0.717, 1.165) is 24.1 Å². The van der Waals surface area contributed by atoms with Crippen molar-refractivity contribution in [1.82, 2.24) is 4.90 Å². The zero-order chi connectivity index (χ0) is 14.7. The predicted octanol–water partition coefficient (Wildman–Crippen LogP) is 2.49. The number of para-hydroxylation sites is 1. The maximum absolute atomic E-state index is 12.6. The van der Waals surface area contributed by atoms with Crippen LogP contribution in [0.5, 0.6) is 0 Å². The molecule has 1 fully saturated rings. The topological polar surface area (TPSA) is 60.9 Å². The largest absolute Gasteiger partial charge is 0.480 e. The number of amides is 2. The predicted molar refractivity (Wildman–Crippen MR) is 77.0 cm³/mol. The van der Waals surface area contributed by atoms with E-state index in [1.165, 1.54) is 9.80 Å². The number of piperidine rings is 1. The molecule has 0 bridgehead atoms. The van der Waals surface area contributed by atoms with Gasteiger partial charge in [0.2, 0.25) is 0 Å². The zero-order valence-corrected chi connectivity index (χ0v) is 11.9. The number of carbonyl (C=O) groups excluding carboxylic acids is 1. The van der Waals surface area contributed by atoms with Crippen molar-refractivity contribution < 1.29 is 14.7 Å². The summed E-state index contributed by atoms with van der Waals surface area (Å²) >= 11 is 0. The summed E-state index contributed by atoms with van der Waals surface area (Å²) in [6.45, 7) is 2.44. The third-order valence-electron chi connectivity index (χ3n) is 3.80. The van der Waals surface area contributed by atoms with Crippen LogP contribution in [0.1, 0.15) is 24.8 Å². The summed E-state index contributed by atoms with van der Waals surface area (Å²) in [5, 5.41) is 9.25. The number of carboxylic acids is 1. The quantitative estimate of drug-likeness (QED) is 0.902. The number of hydrogen-bond acceptors (Lipinski definition) is 2. The lowest BCUT2D eigenvalue weighted by atomic mass is 10.0. The minimum atomic E-state index is -0.920. The van der Waals surface area contributed by atoms with E-state index < -0.39 is 12.0 Å². The van der Waals surface area contributed by atoms with Crippen LogP contribution in [0.15, 0.2) is 24.3 Å². The monoisotopic (exact) mass is 276 g/mol. The van der Waals surface area contributed by atoms with Crippen LogP contribution < -0.4 is 4.90 Å². The van der Waals surface area contributed by atoms with Gasteiger partial charge in [-0.05, 0) is 37.8 Å². The summed E-state index contributed by atoms with van der Waals surface area (Å²) in [4.78, 5) is 26.8. The fourth-order valence-electron chi connectivity index (χ4n) is 2.65. The van der Waals surface area contributed by atoms with Crippen molar-refractivity contribution in [2.45, 2.75) is 32.2 Å². The van der Waals surface area contributed by atoms with E-state index in [0.29, 0.717) is 13.0 Å². The Balaban J connectivity index is 2.21. The van der Waals surface area contributed by atoms with E-state index in [2.05, 4.69) is 0 Å². The summed E-state index contributed by atoms with van der Waals surface area (Å²) in [6, 6.07) is 6.64. The first-order valence-corrected chi connectivity index (χ1v) is 6.85. The lowest BCUT2D eigenvalue weighted by Crippen LogP contribution is -2.52. The van der Waals surface area contributed by atoms with Crippen LogP contribution in [-0.2, 0) is 4.79 Å². The summed E-state index contributed by atoms with van der Waals surface area (Å²) in [5.74, 6) is -0.920. The number of urea groups is 1. The number of carboxylic acid groups (broad SMARTS) is 1. The van der Waals surface area contributed by atoms with Gasteiger partial charge in [0.05, 0.1) is 0 Å². The Hall–Kier alpha value is -2.04. The number of likely N-dealkylation sites (tertiary alicyclic amines) is 1. The van der Waals surface area contributed by atoms with E-state index >= 15 is 0 Å². The molecule has 1 aromatic rings. The van der Waals surface area contributed by atoms with Gasteiger partial charge in [-0.2, -0.15) is 0 Å². The standard InChI is InChI=1S/C15H20N2O3/c1-11-7-3-4-8-12(11)16(2)15(20)17-10-6-5-9-13(17)14(18)19/h3-4,7-8,13H,5-6,9-10H2,1-2H3,(H,18,19). The highest BCUT2D eigenvalue weighted by Crippen LogP contribution is 2.23. The van der Waals surface area contributed by atoms with Gasteiger partial charge in [0.15, 0.2) is 0 Å². The second-order valence-electron chi connectivity index (χ2n) is 5.17. The molecule has 2 amide bonds. The van der Waals surface area contributed by atoms with Crippen molar-refractivity contribution >= 4 is 17.7 Å². The van der Waals surface area contributed by atoms with Gasteiger partial charge in [-0.15, -0.1) is 0 Å². The average molecular weight is 276 g/mol. The molecule has 108 valence electrons. The second-order valence-corrected chi connectivity index (χ2v) is 5.17. The van der Waals surface area contributed by atoms with E-state index in [-0.39, 0.29) is 6.03 Å². The molecule has 0 saturated carbocycles. The first-order chi connectivity index (χ1) is 9.52. The van der Waals surface area contributed by atoms with Crippen molar-refractivity contribution in [1.29, 1.82) is 0 Å². The number of anilines is 1. The third-order valence-corrected chi connectivity index (χ3v) is 3.80. The fourth-order valence-corrected chi connectivity index (χ4v) is 2.65. The van der Waals surface area contributed by atoms with Gasteiger partial charge in [0.1, 0.15) is 6.04 Å². The highest BCUT2D eigenvalue weighted by molar-refractivity contribution is 5.94. The highest BCUT2D eigenvalue weighted by atomic mass is 16.4. The smallest absolute Gasteiger partial charge is 0.326 e. The molecule has 1 atom stereocenters. The van der Waals surface area contributed by atoms with E-state index in [9.17, 15) is 14.7 Å². The molecule has 1 saturated heterocycles. The van der Waals surface area contributed by atoms with Crippen molar-refractivity contribution in [3.8, 4) is 0 Å². The SMILES string of the molecule is Cc1ccccc1N(C)C(=O)N1CCCCC1C(=O)O. The van der Waals surface area contributed by atoms with Crippen LogP contribution in [-0.4, -0.2) is 41.6 Å². The van der Waals surface area contributed by atoms with Crippen LogP contribution in [0, 0.1) is 6.92 Å². The van der Waals surface area contributed by atoms with E-state index in [1.54, 1.807) is 7.05 Å². The van der Waals surface area contributed by atoms with Crippen molar-refractivity contribution in [3.63, 3.8) is 0 Å². The van der Waals surface area contributed by atoms with E-state index in [1.807, 2.05) is 31.2 Å². The Bertz CT molecular complexity index is 516. The number of nitrogens with zero attached hydrogens (tertiary/aromatic N) is 2. The number of carbonyl (C=O) groups is 2. The molecule has 0 spiro atoms. The number of rotatable bonds is 2. The van der Waals surface area contributed by atoms with Gasteiger partial charge in [0, 0.05) is 19.3 Å². The molecule has 1 heterocycles. The first-order valence-electron chi connectivity index (χ1n) is 6.85. The zero-order valence-electron chi connectivity index (χ0n) is 11.9. The fraction of sp³-hybridized carbons (Fsp3) is 0.467. The Morgan fingerprint density at radius 3 is 2.65 bits per heavy atom. The average Bonchev–Trinajstić information content (AvgIpc) is 2.46. The summed E-state index contributed by atoms with van der Waals surface area (Å²) in [6.07, 6.45) is 2.24. The lowest BCUT2D eigenvalue weighted by Gasteiger charge is -2.36. The Labute approximate surface area is 118 Å². The summed E-state index contributed by atoms with van der Waals surface area (Å²) < 4.78 is 0. The molecule has 5 nitrogen and oxygen atoms in total. The molecule has 5 heteroatoms. The maximum atomic E-state index is 12.6. The molecule has 1 aromatic carbocycles. The van der Waals surface area contributed by atoms with Gasteiger partial charge in [-0.25, -0.2) is 9.59 Å². The summed E-state index contributed by atoms with van der Waals surface area (Å²) in [7, 11) is 1.69. The third kappa shape index (κ3) is 2.76. The van der Waals surface area contributed by atoms with Gasteiger partial charge in [-0.3, -0.25) is 4.90 Å². The Morgan fingerprint density at radius 1 is 1.30 bits per heavy atom. The van der Waals surface area contributed by atoms with E-state index in [4.69, 9.17) is 0 Å². The van der Waals surface area contributed by atoms with Crippen LogP contribution in [0.2, 0.25) is 0 Å². The molecular weight excluding hydrogens is 256 g/mol. The van der Waals surface area contributed by atoms with Gasteiger partial charge in [0.25, 0.3) is 0 Å². The summed E-state index contributed by atoms with van der Waals surface area (Å²) in [5.41, 5.74) is 1.81. The molecule has 1 aliphatic heterocycles. The van der Waals surface area contributed by atoms with Crippen molar-refractivity contribution in [2.24, 2.45) is 0 Å². The minimum Gasteiger partial charge on any atom is -0.480 e. The maximum Gasteiger partial charge on any atom is 0.326 e. The number of aryl methyl sites for hydroxylation is 1. The van der Waals surface area contributed by atoms with Crippen molar-refractivity contribution in [2.75, 3.05) is 18.5 Å². The highest BCUT2D eigenvalue weighted by Gasteiger charge is 2.33. The number of aliphatic carboxylic acids is 1. The Kier molecular flexibility index (Phi) is 4.27. The number of benzene rings is 1. The van der Waals surface area contributed by atoms with Gasteiger partial charge < -0.3 is 10.0 Å². The molecule has 1 N–H and O–H groups in total. The van der Waals surface area contributed by atoms with Crippen molar-refractivity contribution in [3.05, 3.63) is 29.8 Å². The number of hydrogen-bond donors (Lipinski definition) is 1. The van der Waals surface area contributed by atoms with Crippen LogP contribution in [0.3, 0.4) is 0 Å². The molecule has 2 rings (SSSR count). The van der Waals surface area contributed by atoms with Crippen LogP contribution in [0.4, 0.5) is 10.5 Å².